The summed E-state index contributed by atoms with van der Waals surface area (Å²) in [5.41, 5.74) is 8.79. The Morgan fingerprint density at radius 3 is 2.55 bits per heavy atom. The number of hydrazone groups is 1. The summed E-state index contributed by atoms with van der Waals surface area (Å²) in [6.07, 6.45) is 1.24. The molecular weight excluding hydrogens is 286 g/mol. The van der Waals surface area contributed by atoms with E-state index in [2.05, 4.69) is 5.10 Å². The summed E-state index contributed by atoms with van der Waals surface area (Å²) >= 11 is 0. The van der Waals surface area contributed by atoms with Crippen LogP contribution in [0.15, 0.2) is 47.6 Å². The number of amides is 2. The highest BCUT2D eigenvalue weighted by molar-refractivity contribution is 5.90. The molecule has 22 heavy (non-hydrogen) atoms. The Kier molecular flexibility index (Phi) is 4.38. The van der Waals surface area contributed by atoms with E-state index in [9.17, 15) is 14.7 Å². The van der Waals surface area contributed by atoms with Crippen LogP contribution in [0.2, 0.25) is 0 Å². The molecule has 2 amide bonds. The molecule has 7 heteroatoms. The van der Waals surface area contributed by atoms with E-state index in [-0.39, 0.29) is 11.3 Å². The van der Waals surface area contributed by atoms with Gasteiger partial charge >= 0.3 is 12.0 Å². The molecule has 112 valence electrons. The molecule has 0 aliphatic carbocycles. The molecule has 0 saturated heterocycles. The van der Waals surface area contributed by atoms with E-state index in [1.165, 1.54) is 24.4 Å². The second-order valence-corrected chi connectivity index (χ2v) is 4.39. The van der Waals surface area contributed by atoms with E-state index in [4.69, 9.17) is 10.8 Å². The number of primary amides is 1. The lowest BCUT2D eigenvalue weighted by Crippen LogP contribution is -2.24. The van der Waals surface area contributed by atoms with Crippen LogP contribution in [-0.4, -0.2) is 28.4 Å². The van der Waals surface area contributed by atoms with Crippen molar-refractivity contribution in [3.05, 3.63) is 53.6 Å². The summed E-state index contributed by atoms with van der Waals surface area (Å²) in [7, 11) is 0. The van der Waals surface area contributed by atoms with E-state index in [0.29, 0.717) is 16.7 Å². The van der Waals surface area contributed by atoms with Crippen molar-refractivity contribution in [3.8, 4) is 16.9 Å². The fourth-order valence-electron chi connectivity index (χ4n) is 1.83. The van der Waals surface area contributed by atoms with Crippen molar-refractivity contribution in [3.63, 3.8) is 0 Å². The largest absolute Gasteiger partial charge is 0.507 e. The van der Waals surface area contributed by atoms with Crippen LogP contribution in [0.3, 0.4) is 0 Å². The van der Waals surface area contributed by atoms with Crippen molar-refractivity contribution in [2.75, 3.05) is 0 Å². The van der Waals surface area contributed by atoms with Gasteiger partial charge in [0.2, 0.25) is 0 Å². The molecular formula is C15H13N3O4. The third-order valence-corrected chi connectivity index (χ3v) is 2.85. The molecule has 0 aliphatic heterocycles. The third-order valence-electron chi connectivity index (χ3n) is 2.85. The lowest BCUT2D eigenvalue weighted by atomic mass is 10.0. The number of phenols is 1. The number of rotatable bonds is 4. The van der Waals surface area contributed by atoms with Crippen molar-refractivity contribution in [1.29, 1.82) is 0 Å². The van der Waals surface area contributed by atoms with E-state index in [0.717, 1.165) is 0 Å². The van der Waals surface area contributed by atoms with Crippen LogP contribution < -0.4 is 11.2 Å². The van der Waals surface area contributed by atoms with Gasteiger partial charge in [-0.25, -0.2) is 15.0 Å². The number of nitrogens with two attached hydrogens (primary N) is 1. The zero-order chi connectivity index (χ0) is 16.1. The summed E-state index contributed by atoms with van der Waals surface area (Å²) in [4.78, 5) is 21.5. The maximum absolute atomic E-state index is 11.0. The second kappa shape index (κ2) is 6.40. The van der Waals surface area contributed by atoms with Gasteiger partial charge in [0.05, 0.1) is 11.8 Å². The Balaban J connectivity index is 2.36. The van der Waals surface area contributed by atoms with Gasteiger partial charge in [0, 0.05) is 5.56 Å². The Morgan fingerprint density at radius 1 is 1.14 bits per heavy atom. The number of benzene rings is 2. The van der Waals surface area contributed by atoms with Crippen LogP contribution in [-0.2, 0) is 0 Å². The van der Waals surface area contributed by atoms with Crippen LogP contribution in [0, 0.1) is 0 Å². The van der Waals surface area contributed by atoms with Gasteiger partial charge in [-0.3, -0.25) is 0 Å². The number of carboxylic acid groups (broad SMARTS) is 1. The number of carboxylic acids is 1. The number of hydrogen-bond donors (Lipinski definition) is 4. The zero-order valence-corrected chi connectivity index (χ0v) is 11.4. The fourth-order valence-corrected chi connectivity index (χ4v) is 1.83. The van der Waals surface area contributed by atoms with Crippen LogP contribution >= 0.6 is 0 Å². The molecule has 0 atom stereocenters. The van der Waals surface area contributed by atoms with E-state index in [1.807, 2.05) is 5.43 Å². The van der Waals surface area contributed by atoms with Gasteiger partial charge in [-0.1, -0.05) is 18.2 Å². The number of nitrogens with one attached hydrogen (secondary N) is 1. The summed E-state index contributed by atoms with van der Waals surface area (Å²) in [5.74, 6) is -1.05. The summed E-state index contributed by atoms with van der Waals surface area (Å²) in [6.45, 7) is 0. The average molecular weight is 299 g/mol. The number of carbonyl (C=O) groups is 2. The van der Waals surface area contributed by atoms with E-state index in [1.54, 1.807) is 24.3 Å². The second-order valence-electron chi connectivity index (χ2n) is 4.39. The van der Waals surface area contributed by atoms with Crippen LogP contribution in [0.1, 0.15) is 15.9 Å². The van der Waals surface area contributed by atoms with Gasteiger partial charge in [-0.2, -0.15) is 5.10 Å². The van der Waals surface area contributed by atoms with Gasteiger partial charge in [-0.05, 0) is 35.4 Å². The number of aromatic hydroxyl groups is 1. The predicted molar refractivity (Wildman–Crippen MR) is 80.8 cm³/mol. The first-order valence-electron chi connectivity index (χ1n) is 6.22. The Morgan fingerprint density at radius 2 is 1.86 bits per heavy atom. The Bertz CT molecular complexity index is 756. The number of phenolic OH excluding ortho intramolecular Hbond substituents is 1. The molecule has 0 aliphatic rings. The van der Waals surface area contributed by atoms with Gasteiger partial charge in [-0.15, -0.1) is 0 Å². The zero-order valence-electron chi connectivity index (χ0n) is 11.4. The van der Waals surface area contributed by atoms with E-state index < -0.39 is 12.0 Å². The van der Waals surface area contributed by atoms with Crippen molar-refractivity contribution in [2.24, 2.45) is 10.8 Å². The highest BCUT2D eigenvalue weighted by Gasteiger charge is 2.07. The van der Waals surface area contributed by atoms with Gasteiger partial charge in [0.15, 0.2) is 0 Å². The Labute approximate surface area is 125 Å². The molecule has 2 aromatic carbocycles. The first kappa shape index (κ1) is 15.0. The monoisotopic (exact) mass is 299 g/mol. The number of nitrogens with zero attached hydrogens (tertiary/aromatic N) is 1. The molecule has 0 aromatic heterocycles. The highest BCUT2D eigenvalue weighted by Crippen LogP contribution is 2.25. The van der Waals surface area contributed by atoms with Gasteiger partial charge in [0.1, 0.15) is 5.75 Å². The normalized spacial score (nSPS) is 10.5. The first-order valence-corrected chi connectivity index (χ1v) is 6.22. The minimum atomic E-state index is -1.02. The van der Waals surface area contributed by atoms with Crippen molar-refractivity contribution in [2.45, 2.75) is 0 Å². The molecule has 0 unspecified atom stereocenters. The summed E-state index contributed by atoms with van der Waals surface area (Å²) < 4.78 is 0. The van der Waals surface area contributed by atoms with Crippen molar-refractivity contribution >= 4 is 18.2 Å². The van der Waals surface area contributed by atoms with Crippen molar-refractivity contribution < 1.29 is 19.8 Å². The molecule has 0 radical (unpaired) electrons. The molecule has 2 rings (SSSR count). The molecule has 0 fully saturated rings. The molecule has 7 nitrogen and oxygen atoms in total. The number of urea groups is 1. The standard InChI is InChI=1S/C15H13N3O4/c16-15(22)18-17-8-12-7-10(4-5-13(12)19)9-2-1-3-11(6-9)14(20)21/h1-8,19H,(H,20,21)(H3,16,18,22). The molecule has 5 N–H and O–H groups in total. The molecule has 2 aromatic rings. The fraction of sp³-hybridized carbons (Fsp3) is 0. The predicted octanol–water partition coefficient (Wildman–Crippen LogP) is 1.76. The maximum Gasteiger partial charge on any atom is 0.335 e. The SMILES string of the molecule is NC(=O)NN=Cc1cc(-c2cccc(C(=O)O)c2)ccc1O. The van der Waals surface area contributed by atoms with Crippen LogP contribution in [0.5, 0.6) is 5.75 Å². The number of hydrogen-bond acceptors (Lipinski definition) is 4. The van der Waals surface area contributed by atoms with Gasteiger partial charge in [0.25, 0.3) is 0 Å². The quantitative estimate of drug-likeness (QED) is 0.507. The minimum absolute atomic E-state index is 0.0341. The molecule has 0 saturated carbocycles. The average Bonchev–Trinajstić information content (AvgIpc) is 2.49. The highest BCUT2D eigenvalue weighted by atomic mass is 16.4. The van der Waals surface area contributed by atoms with E-state index >= 15 is 0 Å². The maximum atomic E-state index is 11.0. The van der Waals surface area contributed by atoms with Crippen LogP contribution in [0.4, 0.5) is 4.79 Å². The van der Waals surface area contributed by atoms with Crippen LogP contribution in [0.25, 0.3) is 11.1 Å². The van der Waals surface area contributed by atoms with Crippen molar-refractivity contribution in [1.82, 2.24) is 5.43 Å². The molecule has 0 spiro atoms. The topological polar surface area (TPSA) is 125 Å². The lowest BCUT2D eigenvalue weighted by Gasteiger charge is -2.06. The molecule has 0 heterocycles. The van der Waals surface area contributed by atoms with Gasteiger partial charge < -0.3 is 15.9 Å². The lowest BCUT2D eigenvalue weighted by molar-refractivity contribution is 0.0697. The number of carbonyl (C=O) groups excluding carboxylic acids is 1. The number of aromatic carboxylic acids is 1. The molecule has 0 bridgehead atoms. The Hall–Kier alpha value is -3.35. The smallest absolute Gasteiger partial charge is 0.335 e. The third kappa shape index (κ3) is 3.60. The summed E-state index contributed by atoms with van der Waals surface area (Å²) in [6, 6.07) is 10.3. The summed E-state index contributed by atoms with van der Waals surface area (Å²) in [5, 5.41) is 22.3. The first-order chi connectivity index (χ1) is 10.5. The minimum Gasteiger partial charge on any atom is -0.507 e.